The van der Waals surface area contributed by atoms with Gasteiger partial charge in [-0.1, -0.05) is 34.1 Å². The van der Waals surface area contributed by atoms with Crippen molar-refractivity contribution in [1.82, 2.24) is 0 Å². The van der Waals surface area contributed by atoms with Gasteiger partial charge in [-0.3, -0.25) is 4.79 Å². The van der Waals surface area contributed by atoms with Gasteiger partial charge in [0.2, 0.25) is 0 Å². The fraction of sp³-hybridized carbons (Fsp3) is 0.923. The van der Waals surface area contributed by atoms with Crippen LogP contribution in [0.1, 0.15) is 53.9 Å². The molecule has 18 heavy (non-hydrogen) atoms. The standard InChI is InChI=1S/C13H23F3O2/c1-6-7-12(5,8-11(2,3)4)10(17)18-9-13(14,15)16/h6-9H2,1-5H3. The first-order chi connectivity index (χ1) is 7.90. The second kappa shape index (κ2) is 5.93. The lowest BCUT2D eigenvalue weighted by Crippen LogP contribution is -2.36. The summed E-state index contributed by atoms with van der Waals surface area (Å²) in [5.74, 6) is -0.753. The summed E-state index contributed by atoms with van der Waals surface area (Å²) < 4.78 is 40.6. The lowest BCUT2D eigenvalue weighted by atomic mass is 9.72. The molecule has 0 radical (unpaired) electrons. The first kappa shape index (κ1) is 17.3. The summed E-state index contributed by atoms with van der Waals surface area (Å²) in [5.41, 5.74) is -0.987. The van der Waals surface area contributed by atoms with E-state index >= 15 is 0 Å². The number of hydrogen-bond acceptors (Lipinski definition) is 2. The molecule has 0 saturated heterocycles. The second-order valence-corrected chi connectivity index (χ2v) is 6.24. The highest BCUT2D eigenvalue weighted by atomic mass is 19.4. The van der Waals surface area contributed by atoms with E-state index in [2.05, 4.69) is 4.74 Å². The van der Waals surface area contributed by atoms with Gasteiger partial charge in [0.05, 0.1) is 5.41 Å². The van der Waals surface area contributed by atoms with Crippen LogP contribution in [0.2, 0.25) is 0 Å². The number of esters is 1. The lowest BCUT2D eigenvalue weighted by molar-refractivity contribution is -0.194. The first-order valence-corrected chi connectivity index (χ1v) is 6.14. The van der Waals surface area contributed by atoms with Gasteiger partial charge >= 0.3 is 12.1 Å². The summed E-state index contributed by atoms with van der Waals surface area (Å²) >= 11 is 0. The Labute approximate surface area is 107 Å². The Morgan fingerprint density at radius 3 is 1.94 bits per heavy atom. The van der Waals surface area contributed by atoms with E-state index in [0.29, 0.717) is 12.8 Å². The Balaban J connectivity index is 4.72. The summed E-state index contributed by atoms with van der Waals surface area (Å²) in [6, 6.07) is 0. The molecule has 0 bridgehead atoms. The minimum Gasteiger partial charge on any atom is -0.456 e. The Hall–Kier alpha value is -0.740. The van der Waals surface area contributed by atoms with Gasteiger partial charge in [-0.15, -0.1) is 0 Å². The van der Waals surface area contributed by atoms with Crippen LogP contribution in [0.4, 0.5) is 13.2 Å². The Morgan fingerprint density at radius 2 is 1.61 bits per heavy atom. The molecule has 0 amide bonds. The van der Waals surface area contributed by atoms with E-state index in [0.717, 1.165) is 6.42 Å². The van der Waals surface area contributed by atoms with Gasteiger partial charge in [-0.25, -0.2) is 0 Å². The SMILES string of the molecule is CCCC(C)(CC(C)(C)C)C(=O)OCC(F)(F)F. The number of carbonyl (C=O) groups is 1. The van der Waals surface area contributed by atoms with Crippen molar-refractivity contribution in [2.24, 2.45) is 10.8 Å². The zero-order valence-electron chi connectivity index (χ0n) is 11.8. The van der Waals surface area contributed by atoms with Crippen LogP contribution in [0.5, 0.6) is 0 Å². The van der Waals surface area contributed by atoms with Crippen molar-refractivity contribution in [3.8, 4) is 0 Å². The van der Waals surface area contributed by atoms with E-state index in [1.807, 2.05) is 27.7 Å². The van der Waals surface area contributed by atoms with E-state index in [1.165, 1.54) is 0 Å². The number of ether oxygens (including phenoxy) is 1. The monoisotopic (exact) mass is 268 g/mol. The molecule has 0 rings (SSSR count). The molecule has 1 atom stereocenters. The zero-order valence-corrected chi connectivity index (χ0v) is 11.8. The largest absolute Gasteiger partial charge is 0.456 e. The zero-order chi connectivity index (χ0) is 14.6. The molecule has 108 valence electrons. The van der Waals surface area contributed by atoms with Crippen molar-refractivity contribution >= 4 is 5.97 Å². The van der Waals surface area contributed by atoms with Gasteiger partial charge in [0.1, 0.15) is 0 Å². The van der Waals surface area contributed by atoms with Crippen LogP contribution in [-0.4, -0.2) is 18.8 Å². The van der Waals surface area contributed by atoms with Crippen LogP contribution in [0.15, 0.2) is 0 Å². The molecule has 0 aromatic carbocycles. The van der Waals surface area contributed by atoms with E-state index in [1.54, 1.807) is 6.92 Å². The molecule has 0 N–H and O–H groups in total. The predicted octanol–water partition coefficient (Wildman–Crippen LogP) is 4.33. The van der Waals surface area contributed by atoms with Gasteiger partial charge in [0.25, 0.3) is 0 Å². The molecule has 2 nitrogen and oxygen atoms in total. The molecule has 0 heterocycles. The molecular formula is C13H23F3O2. The van der Waals surface area contributed by atoms with E-state index in [4.69, 9.17) is 0 Å². The molecule has 5 heteroatoms. The molecule has 0 aromatic heterocycles. The normalized spacial score (nSPS) is 16.2. The molecular weight excluding hydrogens is 245 g/mol. The average molecular weight is 268 g/mol. The van der Waals surface area contributed by atoms with Gasteiger partial charge in [-0.05, 0) is 25.2 Å². The van der Waals surface area contributed by atoms with Crippen molar-refractivity contribution < 1.29 is 22.7 Å². The number of rotatable bonds is 5. The second-order valence-electron chi connectivity index (χ2n) is 6.24. The predicted molar refractivity (Wildman–Crippen MR) is 64.1 cm³/mol. The summed E-state index contributed by atoms with van der Waals surface area (Å²) in [6.45, 7) is 7.95. The van der Waals surface area contributed by atoms with E-state index in [9.17, 15) is 18.0 Å². The highest BCUT2D eigenvalue weighted by Gasteiger charge is 2.40. The Bertz CT molecular complexity index is 279. The average Bonchev–Trinajstić information content (AvgIpc) is 2.10. The van der Waals surface area contributed by atoms with Crippen LogP contribution < -0.4 is 0 Å². The third-order valence-corrected chi connectivity index (χ3v) is 2.58. The fourth-order valence-corrected chi connectivity index (χ4v) is 2.31. The topological polar surface area (TPSA) is 26.3 Å². The molecule has 0 aliphatic heterocycles. The van der Waals surface area contributed by atoms with E-state index in [-0.39, 0.29) is 5.41 Å². The minimum absolute atomic E-state index is 0.138. The number of hydrogen-bond donors (Lipinski definition) is 0. The number of halogens is 3. The maximum Gasteiger partial charge on any atom is 0.422 e. The first-order valence-electron chi connectivity index (χ1n) is 6.14. The van der Waals surface area contributed by atoms with Crippen molar-refractivity contribution in [3.05, 3.63) is 0 Å². The van der Waals surface area contributed by atoms with Crippen molar-refractivity contribution in [2.45, 2.75) is 60.1 Å². The summed E-state index contributed by atoms with van der Waals surface area (Å²) in [6.07, 6.45) is -2.70. The highest BCUT2D eigenvalue weighted by molar-refractivity contribution is 5.76. The van der Waals surface area contributed by atoms with Crippen LogP contribution in [0.25, 0.3) is 0 Å². The van der Waals surface area contributed by atoms with Crippen LogP contribution in [0.3, 0.4) is 0 Å². The maximum absolute atomic E-state index is 12.1. The lowest BCUT2D eigenvalue weighted by Gasteiger charge is -2.33. The summed E-state index contributed by atoms with van der Waals surface area (Å²) in [7, 11) is 0. The van der Waals surface area contributed by atoms with Crippen LogP contribution >= 0.6 is 0 Å². The molecule has 0 aromatic rings. The van der Waals surface area contributed by atoms with Gasteiger partial charge in [0.15, 0.2) is 6.61 Å². The number of alkyl halides is 3. The van der Waals surface area contributed by atoms with Gasteiger partial charge in [-0.2, -0.15) is 13.2 Å². The molecule has 0 saturated carbocycles. The van der Waals surface area contributed by atoms with Crippen molar-refractivity contribution in [1.29, 1.82) is 0 Å². The van der Waals surface area contributed by atoms with E-state index < -0.39 is 24.2 Å². The summed E-state index contributed by atoms with van der Waals surface area (Å²) in [5, 5.41) is 0. The third kappa shape index (κ3) is 6.87. The molecule has 0 fully saturated rings. The molecule has 0 aliphatic carbocycles. The molecule has 0 spiro atoms. The van der Waals surface area contributed by atoms with Crippen LogP contribution in [-0.2, 0) is 9.53 Å². The van der Waals surface area contributed by atoms with Crippen LogP contribution in [0, 0.1) is 10.8 Å². The third-order valence-electron chi connectivity index (χ3n) is 2.58. The van der Waals surface area contributed by atoms with Gasteiger partial charge < -0.3 is 4.74 Å². The Kier molecular flexibility index (Phi) is 5.69. The smallest absolute Gasteiger partial charge is 0.422 e. The fourth-order valence-electron chi connectivity index (χ4n) is 2.31. The summed E-state index contributed by atoms with van der Waals surface area (Å²) in [4.78, 5) is 11.9. The highest BCUT2D eigenvalue weighted by Crippen LogP contribution is 2.38. The van der Waals surface area contributed by atoms with Crippen molar-refractivity contribution in [2.75, 3.05) is 6.61 Å². The van der Waals surface area contributed by atoms with Gasteiger partial charge in [0, 0.05) is 0 Å². The number of carbonyl (C=O) groups excluding carboxylic acids is 1. The Morgan fingerprint density at radius 1 is 1.11 bits per heavy atom. The molecule has 0 aliphatic rings. The maximum atomic E-state index is 12.1. The van der Waals surface area contributed by atoms with Crippen molar-refractivity contribution in [3.63, 3.8) is 0 Å². The molecule has 1 unspecified atom stereocenters. The minimum atomic E-state index is -4.47. The quantitative estimate of drug-likeness (QED) is 0.693.